The Morgan fingerprint density at radius 3 is 2.18 bits per heavy atom. The van der Waals surface area contributed by atoms with Crippen LogP contribution in [0.4, 0.5) is 26.3 Å². The molecule has 2 aromatic heterocycles. The maximum Gasteiger partial charge on any atom is 0.490 e. The number of nitrogens with one attached hydrogen (secondary N) is 1. The zero-order chi connectivity index (χ0) is 28.5. The number of fused-ring (bicyclic) bond motifs is 1. The van der Waals surface area contributed by atoms with E-state index in [-0.39, 0.29) is 17.9 Å². The molecule has 2 saturated heterocycles. The standard InChI is InChI=1S/C18H21N3O2S.2C2HF3O2/c22-18(20-7-13-2-1-4-19-6-13)16-11-23-17-10-21(9-15(16)17)8-14-3-5-24-12-14;2*3-2(4,5)1(6)7/h1-6,12,15-17H,7-11H2,(H,20,22);2*(H,6,7)/t15-,16+,17-;;/m1../s1. The summed E-state index contributed by atoms with van der Waals surface area (Å²) >= 11 is 1.73. The Hall–Kier alpha value is -3.24. The molecule has 1 amide bonds. The van der Waals surface area contributed by atoms with Crippen LogP contribution in [0, 0.1) is 11.8 Å². The number of hydrogen-bond donors (Lipinski definition) is 3. The molecule has 3 N–H and O–H groups in total. The van der Waals surface area contributed by atoms with Gasteiger partial charge in [-0.25, -0.2) is 9.59 Å². The van der Waals surface area contributed by atoms with Crippen molar-refractivity contribution in [3.63, 3.8) is 0 Å². The van der Waals surface area contributed by atoms with Gasteiger partial charge in [0.25, 0.3) is 0 Å². The number of alkyl halides is 6. The van der Waals surface area contributed by atoms with Crippen molar-refractivity contribution in [1.82, 2.24) is 15.2 Å². The van der Waals surface area contributed by atoms with Crippen LogP contribution < -0.4 is 5.32 Å². The smallest absolute Gasteiger partial charge is 0.475 e. The molecule has 0 unspecified atom stereocenters. The number of nitrogens with zero attached hydrogens (tertiary/aromatic N) is 2. The highest BCUT2D eigenvalue weighted by atomic mass is 32.1. The Morgan fingerprint density at radius 2 is 1.68 bits per heavy atom. The number of carbonyl (C=O) groups is 3. The van der Waals surface area contributed by atoms with Crippen LogP contribution in [0.25, 0.3) is 0 Å². The van der Waals surface area contributed by atoms with Gasteiger partial charge in [0.15, 0.2) is 0 Å². The molecule has 4 heterocycles. The number of likely N-dealkylation sites (tertiary alicyclic amines) is 1. The summed E-state index contributed by atoms with van der Waals surface area (Å²) in [6.07, 6.45) is -6.45. The van der Waals surface area contributed by atoms with E-state index in [0.717, 1.165) is 25.2 Å². The topological polar surface area (TPSA) is 129 Å². The fraction of sp³-hybridized carbons (Fsp3) is 0.455. The van der Waals surface area contributed by atoms with E-state index in [1.165, 1.54) is 5.56 Å². The second kappa shape index (κ2) is 13.5. The molecule has 0 bridgehead atoms. The van der Waals surface area contributed by atoms with Crippen molar-refractivity contribution in [2.24, 2.45) is 11.8 Å². The number of carboxylic acids is 2. The van der Waals surface area contributed by atoms with E-state index in [1.54, 1.807) is 23.7 Å². The minimum Gasteiger partial charge on any atom is -0.475 e. The first kappa shape index (κ1) is 31.0. The van der Waals surface area contributed by atoms with Crippen molar-refractivity contribution in [3.8, 4) is 0 Å². The van der Waals surface area contributed by atoms with Gasteiger partial charge in [0.2, 0.25) is 5.91 Å². The van der Waals surface area contributed by atoms with Gasteiger partial charge in [0.1, 0.15) is 0 Å². The van der Waals surface area contributed by atoms with Crippen LogP contribution >= 0.6 is 11.3 Å². The molecule has 2 aliphatic heterocycles. The molecule has 0 spiro atoms. The van der Waals surface area contributed by atoms with E-state index in [9.17, 15) is 31.1 Å². The summed E-state index contributed by atoms with van der Waals surface area (Å²) in [5.74, 6) is -5.15. The Morgan fingerprint density at radius 1 is 1.05 bits per heavy atom. The Kier molecular flexibility index (Phi) is 11.0. The van der Waals surface area contributed by atoms with Gasteiger partial charge in [0, 0.05) is 44.5 Å². The van der Waals surface area contributed by atoms with Crippen molar-refractivity contribution in [2.45, 2.75) is 31.5 Å². The van der Waals surface area contributed by atoms with E-state index in [2.05, 4.69) is 32.0 Å². The molecule has 2 aliphatic rings. The number of rotatable bonds is 5. The number of ether oxygens (including phenoxy) is 1. The third-order valence-corrected chi connectivity index (χ3v) is 6.12. The van der Waals surface area contributed by atoms with Crippen LogP contribution in [-0.4, -0.2) is 76.1 Å². The molecule has 3 atom stereocenters. The third kappa shape index (κ3) is 9.90. The summed E-state index contributed by atoms with van der Waals surface area (Å²) in [7, 11) is 0. The molecule has 4 rings (SSSR count). The summed E-state index contributed by atoms with van der Waals surface area (Å²) in [6.45, 7) is 3.88. The summed E-state index contributed by atoms with van der Waals surface area (Å²) in [5.41, 5.74) is 2.37. The van der Waals surface area contributed by atoms with Crippen LogP contribution in [0.15, 0.2) is 41.4 Å². The van der Waals surface area contributed by atoms with Gasteiger partial charge in [-0.15, -0.1) is 0 Å². The number of carboxylic acid groups (broad SMARTS) is 2. The average molecular weight is 571 g/mol. The van der Waals surface area contributed by atoms with Crippen LogP contribution in [0.1, 0.15) is 11.1 Å². The van der Waals surface area contributed by atoms with Gasteiger partial charge in [-0.2, -0.15) is 37.7 Å². The third-order valence-electron chi connectivity index (χ3n) is 5.39. The molecule has 0 aromatic carbocycles. The first-order chi connectivity index (χ1) is 17.7. The lowest BCUT2D eigenvalue weighted by atomic mass is 9.92. The zero-order valence-electron chi connectivity index (χ0n) is 19.4. The highest BCUT2D eigenvalue weighted by molar-refractivity contribution is 7.07. The molecule has 0 saturated carbocycles. The Bertz CT molecular complexity index is 1030. The van der Waals surface area contributed by atoms with E-state index in [0.29, 0.717) is 19.1 Å². The highest BCUT2D eigenvalue weighted by Crippen LogP contribution is 2.34. The fourth-order valence-electron chi connectivity index (χ4n) is 3.66. The van der Waals surface area contributed by atoms with Crippen LogP contribution in [0.2, 0.25) is 0 Å². The lowest BCUT2D eigenvalue weighted by Gasteiger charge is -2.19. The van der Waals surface area contributed by atoms with Gasteiger partial charge >= 0.3 is 24.3 Å². The summed E-state index contributed by atoms with van der Waals surface area (Å²) < 4.78 is 69.4. The quantitative estimate of drug-likeness (QED) is 0.467. The Labute approximate surface area is 216 Å². The molecule has 2 aromatic rings. The first-order valence-electron chi connectivity index (χ1n) is 10.8. The summed E-state index contributed by atoms with van der Waals surface area (Å²) in [6, 6.07) is 6.02. The van der Waals surface area contributed by atoms with Gasteiger partial charge in [0.05, 0.1) is 18.6 Å². The van der Waals surface area contributed by atoms with Crippen molar-refractivity contribution in [3.05, 3.63) is 52.5 Å². The zero-order valence-corrected chi connectivity index (χ0v) is 20.2. The van der Waals surface area contributed by atoms with Crippen LogP contribution in [-0.2, 0) is 32.2 Å². The summed E-state index contributed by atoms with van der Waals surface area (Å²) in [4.78, 5) is 36.8. The van der Waals surface area contributed by atoms with Crippen molar-refractivity contribution >= 4 is 29.2 Å². The lowest BCUT2D eigenvalue weighted by molar-refractivity contribution is -0.193. The monoisotopic (exact) mass is 571 g/mol. The van der Waals surface area contributed by atoms with Gasteiger partial charge < -0.3 is 20.3 Å². The number of amides is 1. The highest BCUT2D eigenvalue weighted by Gasteiger charge is 2.46. The van der Waals surface area contributed by atoms with Gasteiger partial charge in [-0.1, -0.05) is 6.07 Å². The number of aliphatic carboxylic acids is 2. The second-order valence-electron chi connectivity index (χ2n) is 8.15. The van der Waals surface area contributed by atoms with Gasteiger partial charge in [-0.3, -0.25) is 14.7 Å². The maximum absolute atomic E-state index is 12.6. The van der Waals surface area contributed by atoms with Crippen molar-refractivity contribution in [2.75, 3.05) is 19.7 Å². The van der Waals surface area contributed by atoms with E-state index in [1.807, 2.05) is 12.1 Å². The van der Waals surface area contributed by atoms with Crippen molar-refractivity contribution in [1.29, 1.82) is 0 Å². The molecule has 0 radical (unpaired) electrons. The van der Waals surface area contributed by atoms with Crippen LogP contribution in [0.5, 0.6) is 0 Å². The molecular formula is C22H23F6N3O6S. The van der Waals surface area contributed by atoms with E-state index in [4.69, 9.17) is 24.5 Å². The van der Waals surface area contributed by atoms with Crippen LogP contribution in [0.3, 0.4) is 0 Å². The maximum atomic E-state index is 12.6. The predicted octanol–water partition coefficient (Wildman–Crippen LogP) is 3.17. The van der Waals surface area contributed by atoms with E-state index >= 15 is 0 Å². The largest absolute Gasteiger partial charge is 0.490 e. The normalized spacial score (nSPS) is 20.8. The SMILES string of the molecule is O=C(NCc1cccnc1)[C@H]1CO[C@@H]2CN(Cc3ccsc3)C[C@H]12.O=C(O)C(F)(F)F.O=C(O)C(F)(F)F. The Balaban J connectivity index is 0.000000301. The predicted molar refractivity (Wildman–Crippen MR) is 120 cm³/mol. The number of carbonyl (C=O) groups excluding carboxylic acids is 1. The van der Waals surface area contributed by atoms with Gasteiger partial charge in [-0.05, 0) is 34.0 Å². The molecule has 16 heteroatoms. The number of aromatic nitrogens is 1. The molecule has 2 fully saturated rings. The lowest BCUT2D eigenvalue weighted by Crippen LogP contribution is -2.36. The molecule has 9 nitrogen and oxygen atoms in total. The minimum atomic E-state index is -5.08. The average Bonchev–Trinajstić information content (AvgIpc) is 3.56. The first-order valence-corrected chi connectivity index (χ1v) is 11.7. The second-order valence-corrected chi connectivity index (χ2v) is 8.93. The van der Waals surface area contributed by atoms with E-state index < -0.39 is 24.3 Å². The molecule has 38 heavy (non-hydrogen) atoms. The summed E-state index contributed by atoms with van der Waals surface area (Å²) in [5, 5.41) is 21.6. The number of halogens is 6. The molecular weight excluding hydrogens is 548 g/mol. The number of pyridine rings is 1. The fourth-order valence-corrected chi connectivity index (χ4v) is 4.32. The van der Waals surface area contributed by atoms with Crippen molar-refractivity contribution < 1.29 is 55.7 Å². The minimum absolute atomic E-state index is 0.0425. The number of hydrogen-bond acceptors (Lipinski definition) is 7. The number of thiophene rings is 1. The molecule has 210 valence electrons. The molecule has 0 aliphatic carbocycles.